The van der Waals surface area contributed by atoms with Crippen LogP contribution in [0.5, 0.6) is 0 Å². The van der Waals surface area contributed by atoms with Crippen LogP contribution in [-0.2, 0) is 0 Å². The molecule has 0 saturated heterocycles. The van der Waals surface area contributed by atoms with E-state index in [4.69, 9.17) is 0 Å². The highest BCUT2D eigenvalue weighted by atomic mass is 79.9. The van der Waals surface area contributed by atoms with Crippen molar-refractivity contribution < 1.29 is 0 Å². The van der Waals surface area contributed by atoms with Gasteiger partial charge in [0.25, 0.3) is 0 Å². The molecule has 0 radical (unpaired) electrons. The summed E-state index contributed by atoms with van der Waals surface area (Å²) in [6.07, 6.45) is 1.78. The lowest BCUT2D eigenvalue weighted by Gasteiger charge is -2.09. The van der Waals surface area contributed by atoms with Crippen molar-refractivity contribution >= 4 is 21.7 Å². The molecule has 3 heteroatoms. The standard InChI is InChI=1S/C8H11BrN2/c1-7(6-9)11-8-4-2-3-5-10-8/h2-5,7H,6H2,1H3,(H,10,11). The Labute approximate surface area is 75.2 Å². The summed E-state index contributed by atoms with van der Waals surface area (Å²) in [7, 11) is 0. The second kappa shape index (κ2) is 4.34. The molecule has 1 N–H and O–H groups in total. The summed E-state index contributed by atoms with van der Waals surface area (Å²) in [6.45, 7) is 2.10. The molecular formula is C8H11BrN2. The van der Waals surface area contributed by atoms with Crippen molar-refractivity contribution in [3.63, 3.8) is 0 Å². The maximum absolute atomic E-state index is 4.13. The molecule has 0 fully saturated rings. The number of aromatic nitrogens is 1. The second-order valence-corrected chi connectivity index (χ2v) is 3.06. The Morgan fingerprint density at radius 2 is 2.45 bits per heavy atom. The zero-order chi connectivity index (χ0) is 8.10. The maximum Gasteiger partial charge on any atom is 0.126 e. The van der Waals surface area contributed by atoms with Crippen molar-refractivity contribution in [1.29, 1.82) is 0 Å². The van der Waals surface area contributed by atoms with E-state index < -0.39 is 0 Å². The van der Waals surface area contributed by atoms with E-state index in [1.165, 1.54) is 0 Å². The highest BCUT2D eigenvalue weighted by Crippen LogP contribution is 2.03. The summed E-state index contributed by atoms with van der Waals surface area (Å²) in [6, 6.07) is 6.25. The zero-order valence-electron chi connectivity index (χ0n) is 6.42. The molecule has 1 heterocycles. The molecule has 0 aliphatic carbocycles. The molecule has 2 nitrogen and oxygen atoms in total. The van der Waals surface area contributed by atoms with Gasteiger partial charge in [-0.05, 0) is 19.1 Å². The molecule has 1 rings (SSSR count). The lowest BCUT2D eigenvalue weighted by molar-refractivity contribution is 0.909. The van der Waals surface area contributed by atoms with Crippen LogP contribution < -0.4 is 5.32 Å². The minimum absolute atomic E-state index is 0.421. The number of nitrogens with one attached hydrogen (secondary N) is 1. The number of nitrogens with zero attached hydrogens (tertiary/aromatic N) is 1. The minimum Gasteiger partial charge on any atom is -0.367 e. The van der Waals surface area contributed by atoms with Crippen LogP contribution in [0.25, 0.3) is 0 Å². The number of alkyl halides is 1. The van der Waals surface area contributed by atoms with E-state index in [-0.39, 0.29) is 0 Å². The normalized spacial score (nSPS) is 12.5. The van der Waals surface area contributed by atoms with Crippen molar-refractivity contribution in [1.82, 2.24) is 4.98 Å². The number of pyridine rings is 1. The fourth-order valence-electron chi connectivity index (χ4n) is 0.739. The lowest BCUT2D eigenvalue weighted by Crippen LogP contribution is -2.16. The molecule has 0 bridgehead atoms. The Morgan fingerprint density at radius 3 is 3.00 bits per heavy atom. The first-order valence-electron chi connectivity index (χ1n) is 3.56. The number of hydrogen-bond donors (Lipinski definition) is 1. The maximum atomic E-state index is 4.13. The van der Waals surface area contributed by atoms with Gasteiger partial charge in [-0.1, -0.05) is 22.0 Å². The predicted octanol–water partition coefficient (Wildman–Crippen LogP) is 2.28. The van der Waals surface area contributed by atoms with E-state index in [0.29, 0.717) is 6.04 Å². The van der Waals surface area contributed by atoms with Crippen molar-refractivity contribution in [2.75, 3.05) is 10.6 Å². The van der Waals surface area contributed by atoms with Crippen LogP contribution in [0.1, 0.15) is 6.92 Å². The van der Waals surface area contributed by atoms with E-state index in [9.17, 15) is 0 Å². The molecule has 0 aliphatic heterocycles. The third-order valence-corrected chi connectivity index (χ3v) is 2.26. The Morgan fingerprint density at radius 1 is 1.64 bits per heavy atom. The first kappa shape index (κ1) is 8.53. The third kappa shape index (κ3) is 2.89. The predicted molar refractivity (Wildman–Crippen MR) is 51.1 cm³/mol. The summed E-state index contributed by atoms with van der Waals surface area (Å²) in [5.74, 6) is 0.930. The Hall–Kier alpha value is -0.570. The summed E-state index contributed by atoms with van der Waals surface area (Å²) in [4.78, 5) is 4.13. The molecule has 1 aromatic heterocycles. The third-order valence-electron chi connectivity index (χ3n) is 1.29. The van der Waals surface area contributed by atoms with Gasteiger partial charge in [0.05, 0.1) is 0 Å². The minimum atomic E-state index is 0.421. The molecule has 1 unspecified atom stereocenters. The number of rotatable bonds is 3. The topological polar surface area (TPSA) is 24.9 Å². The average Bonchev–Trinajstić information content (AvgIpc) is 2.06. The fraction of sp³-hybridized carbons (Fsp3) is 0.375. The zero-order valence-corrected chi connectivity index (χ0v) is 8.01. The van der Waals surface area contributed by atoms with E-state index in [2.05, 4.69) is 33.2 Å². The first-order valence-corrected chi connectivity index (χ1v) is 4.68. The van der Waals surface area contributed by atoms with Crippen LogP contribution in [0.15, 0.2) is 24.4 Å². The molecule has 0 saturated carbocycles. The monoisotopic (exact) mass is 214 g/mol. The first-order chi connectivity index (χ1) is 5.33. The molecule has 11 heavy (non-hydrogen) atoms. The molecule has 0 spiro atoms. The van der Waals surface area contributed by atoms with Gasteiger partial charge in [-0.3, -0.25) is 0 Å². The lowest BCUT2D eigenvalue weighted by atomic mass is 10.4. The summed E-state index contributed by atoms with van der Waals surface area (Å²) >= 11 is 3.38. The highest BCUT2D eigenvalue weighted by Gasteiger charge is 1.97. The van der Waals surface area contributed by atoms with E-state index in [0.717, 1.165) is 11.1 Å². The van der Waals surface area contributed by atoms with Crippen LogP contribution in [0, 0.1) is 0 Å². The largest absolute Gasteiger partial charge is 0.367 e. The average molecular weight is 215 g/mol. The molecular weight excluding hydrogens is 204 g/mol. The van der Waals surface area contributed by atoms with Crippen LogP contribution in [0.4, 0.5) is 5.82 Å². The van der Waals surface area contributed by atoms with Gasteiger partial charge in [-0.2, -0.15) is 0 Å². The van der Waals surface area contributed by atoms with Gasteiger partial charge in [0.2, 0.25) is 0 Å². The second-order valence-electron chi connectivity index (χ2n) is 2.41. The molecule has 0 amide bonds. The Kier molecular flexibility index (Phi) is 3.36. The molecule has 60 valence electrons. The molecule has 0 aromatic carbocycles. The van der Waals surface area contributed by atoms with E-state index in [1.807, 2.05) is 18.2 Å². The van der Waals surface area contributed by atoms with Crippen LogP contribution in [0.2, 0.25) is 0 Å². The van der Waals surface area contributed by atoms with E-state index >= 15 is 0 Å². The van der Waals surface area contributed by atoms with Gasteiger partial charge in [-0.25, -0.2) is 4.98 Å². The SMILES string of the molecule is CC(CBr)Nc1ccccn1. The van der Waals surface area contributed by atoms with Crippen molar-refractivity contribution in [2.45, 2.75) is 13.0 Å². The van der Waals surface area contributed by atoms with Crippen LogP contribution >= 0.6 is 15.9 Å². The Bertz CT molecular complexity index is 201. The van der Waals surface area contributed by atoms with Gasteiger partial charge in [-0.15, -0.1) is 0 Å². The summed E-state index contributed by atoms with van der Waals surface area (Å²) in [5, 5.41) is 4.17. The molecule has 1 atom stereocenters. The van der Waals surface area contributed by atoms with Crippen molar-refractivity contribution in [3.8, 4) is 0 Å². The molecule has 1 aromatic rings. The highest BCUT2D eigenvalue weighted by molar-refractivity contribution is 9.09. The fourth-order valence-corrected chi connectivity index (χ4v) is 0.901. The van der Waals surface area contributed by atoms with E-state index in [1.54, 1.807) is 6.20 Å². The van der Waals surface area contributed by atoms with Crippen LogP contribution in [-0.4, -0.2) is 16.4 Å². The molecule has 0 aliphatic rings. The summed E-state index contributed by atoms with van der Waals surface area (Å²) < 4.78 is 0. The number of anilines is 1. The number of halogens is 1. The van der Waals surface area contributed by atoms with Crippen molar-refractivity contribution in [3.05, 3.63) is 24.4 Å². The van der Waals surface area contributed by atoms with Gasteiger partial charge < -0.3 is 5.32 Å². The van der Waals surface area contributed by atoms with Gasteiger partial charge >= 0.3 is 0 Å². The number of hydrogen-bond acceptors (Lipinski definition) is 2. The van der Waals surface area contributed by atoms with Gasteiger partial charge in [0, 0.05) is 17.6 Å². The van der Waals surface area contributed by atoms with Gasteiger partial charge in [0.15, 0.2) is 0 Å². The van der Waals surface area contributed by atoms with Gasteiger partial charge in [0.1, 0.15) is 5.82 Å². The smallest absolute Gasteiger partial charge is 0.126 e. The van der Waals surface area contributed by atoms with Crippen molar-refractivity contribution in [2.24, 2.45) is 0 Å². The summed E-state index contributed by atoms with van der Waals surface area (Å²) in [5.41, 5.74) is 0. The quantitative estimate of drug-likeness (QED) is 0.782. The Balaban J connectivity index is 2.51. The van der Waals surface area contributed by atoms with Crippen LogP contribution in [0.3, 0.4) is 0 Å².